The Morgan fingerprint density at radius 2 is 1.68 bits per heavy atom. The Kier molecular flexibility index (Phi) is 6.39. The van der Waals surface area contributed by atoms with Crippen LogP contribution in [0.15, 0.2) is 59.5 Å². The first-order chi connectivity index (χ1) is 13.4. The molecule has 28 heavy (non-hydrogen) atoms. The molecule has 150 valence electrons. The van der Waals surface area contributed by atoms with Crippen LogP contribution >= 0.6 is 0 Å². The molecule has 0 atom stereocenters. The van der Waals surface area contributed by atoms with E-state index in [4.69, 9.17) is 0 Å². The maximum atomic E-state index is 13.3. The van der Waals surface area contributed by atoms with Gasteiger partial charge in [0.05, 0.1) is 10.6 Å². The summed E-state index contributed by atoms with van der Waals surface area (Å²) in [6, 6.07) is 15.7. The van der Waals surface area contributed by atoms with Crippen molar-refractivity contribution in [3.05, 3.63) is 60.2 Å². The van der Waals surface area contributed by atoms with E-state index in [-0.39, 0.29) is 23.4 Å². The number of aryl methyl sites for hydroxylation is 1. The van der Waals surface area contributed by atoms with Crippen molar-refractivity contribution in [2.24, 2.45) is 0 Å². The number of amides is 1. The first-order valence-electron chi connectivity index (χ1n) is 9.80. The van der Waals surface area contributed by atoms with Crippen LogP contribution in [-0.4, -0.2) is 38.9 Å². The molecule has 2 aromatic rings. The monoisotopic (exact) mass is 400 g/mol. The largest absolute Gasteiger partial charge is 0.341 e. The highest BCUT2D eigenvalue weighted by molar-refractivity contribution is 7.92. The van der Waals surface area contributed by atoms with Crippen molar-refractivity contribution in [2.75, 3.05) is 17.9 Å². The number of rotatable bonds is 6. The highest BCUT2D eigenvalue weighted by Crippen LogP contribution is 2.26. The Hall–Kier alpha value is -2.34. The van der Waals surface area contributed by atoms with E-state index in [0.29, 0.717) is 5.69 Å². The van der Waals surface area contributed by atoms with Crippen LogP contribution in [0.5, 0.6) is 0 Å². The summed E-state index contributed by atoms with van der Waals surface area (Å²) in [6.07, 6.45) is 5.41. The molecule has 0 spiro atoms. The average molecular weight is 401 g/mol. The van der Waals surface area contributed by atoms with E-state index in [0.717, 1.165) is 31.2 Å². The van der Waals surface area contributed by atoms with Gasteiger partial charge in [-0.05, 0) is 49.6 Å². The van der Waals surface area contributed by atoms with Crippen molar-refractivity contribution < 1.29 is 13.2 Å². The van der Waals surface area contributed by atoms with Crippen molar-refractivity contribution in [1.29, 1.82) is 0 Å². The molecule has 0 heterocycles. The fourth-order valence-corrected chi connectivity index (χ4v) is 5.15. The standard InChI is InChI=1S/C22H28N2O3S/c1-18-10-9-13-20(16-18)24(28(26,27)21-14-7-4-8-15-21)17-22(25)23(2)19-11-5-3-6-12-19/h4,7-10,13-16,19H,3,5-6,11-12,17H2,1-2H3. The van der Waals surface area contributed by atoms with Crippen molar-refractivity contribution in [3.63, 3.8) is 0 Å². The summed E-state index contributed by atoms with van der Waals surface area (Å²) >= 11 is 0. The van der Waals surface area contributed by atoms with E-state index < -0.39 is 10.0 Å². The molecule has 0 saturated heterocycles. The van der Waals surface area contributed by atoms with Crippen LogP contribution in [0.25, 0.3) is 0 Å². The zero-order valence-corrected chi connectivity index (χ0v) is 17.4. The average Bonchev–Trinajstić information content (AvgIpc) is 2.72. The molecule has 0 aliphatic heterocycles. The molecule has 6 heteroatoms. The second-order valence-electron chi connectivity index (χ2n) is 7.46. The molecular weight excluding hydrogens is 372 g/mol. The van der Waals surface area contributed by atoms with Crippen molar-refractivity contribution >= 4 is 21.6 Å². The molecule has 3 rings (SSSR count). The predicted octanol–water partition coefficient (Wildman–Crippen LogP) is 3.98. The summed E-state index contributed by atoms with van der Waals surface area (Å²) in [7, 11) is -2.05. The summed E-state index contributed by atoms with van der Waals surface area (Å²) in [4.78, 5) is 14.9. The summed E-state index contributed by atoms with van der Waals surface area (Å²) in [6.45, 7) is 1.71. The van der Waals surface area contributed by atoms with Crippen LogP contribution in [0.1, 0.15) is 37.7 Å². The molecule has 1 saturated carbocycles. The third-order valence-electron chi connectivity index (χ3n) is 5.42. The van der Waals surface area contributed by atoms with E-state index >= 15 is 0 Å². The van der Waals surface area contributed by atoms with Gasteiger partial charge in [0.1, 0.15) is 6.54 Å². The van der Waals surface area contributed by atoms with Crippen LogP contribution in [0.4, 0.5) is 5.69 Å². The molecule has 2 aromatic carbocycles. The first-order valence-corrected chi connectivity index (χ1v) is 11.2. The Morgan fingerprint density at radius 3 is 2.32 bits per heavy atom. The summed E-state index contributed by atoms with van der Waals surface area (Å²) in [5, 5.41) is 0. The molecule has 0 aromatic heterocycles. The highest BCUT2D eigenvalue weighted by atomic mass is 32.2. The quantitative estimate of drug-likeness (QED) is 0.737. The van der Waals surface area contributed by atoms with E-state index in [1.54, 1.807) is 54.4 Å². The van der Waals surface area contributed by atoms with E-state index in [9.17, 15) is 13.2 Å². The Bertz CT molecular complexity index is 906. The maximum Gasteiger partial charge on any atom is 0.264 e. The molecule has 5 nitrogen and oxygen atoms in total. The van der Waals surface area contributed by atoms with E-state index in [1.165, 1.54) is 10.7 Å². The number of carbonyl (C=O) groups is 1. The van der Waals surface area contributed by atoms with Crippen LogP contribution in [0, 0.1) is 6.92 Å². The summed E-state index contributed by atoms with van der Waals surface area (Å²) < 4.78 is 27.9. The number of anilines is 1. The minimum atomic E-state index is -3.84. The highest BCUT2D eigenvalue weighted by Gasteiger charge is 2.30. The third-order valence-corrected chi connectivity index (χ3v) is 7.20. The van der Waals surface area contributed by atoms with Crippen LogP contribution in [0.2, 0.25) is 0 Å². The van der Waals surface area contributed by atoms with E-state index in [1.807, 2.05) is 19.1 Å². The lowest BCUT2D eigenvalue weighted by Crippen LogP contribution is -2.45. The van der Waals surface area contributed by atoms with Crippen molar-refractivity contribution in [2.45, 2.75) is 50.0 Å². The molecule has 0 unspecified atom stereocenters. The van der Waals surface area contributed by atoms with E-state index in [2.05, 4.69) is 0 Å². The van der Waals surface area contributed by atoms with Crippen LogP contribution in [-0.2, 0) is 14.8 Å². The third kappa shape index (κ3) is 4.55. The van der Waals surface area contributed by atoms with Crippen LogP contribution in [0.3, 0.4) is 0 Å². The topological polar surface area (TPSA) is 57.7 Å². The van der Waals surface area contributed by atoms with Gasteiger partial charge in [-0.3, -0.25) is 9.10 Å². The van der Waals surface area contributed by atoms with Gasteiger partial charge in [-0.1, -0.05) is 49.6 Å². The molecule has 0 radical (unpaired) electrons. The van der Waals surface area contributed by atoms with Gasteiger partial charge in [0.15, 0.2) is 0 Å². The molecular formula is C22H28N2O3S. The minimum Gasteiger partial charge on any atom is -0.341 e. The molecule has 1 aliphatic carbocycles. The van der Waals surface area contributed by atoms with Crippen LogP contribution < -0.4 is 4.31 Å². The Morgan fingerprint density at radius 1 is 1.00 bits per heavy atom. The van der Waals surface area contributed by atoms with Gasteiger partial charge < -0.3 is 4.90 Å². The summed E-state index contributed by atoms with van der Waals surface area (Å²) in [5.41, 5.74) is 1.45. The van der Waals surface area contributed by atoms with Gasteiger partial charge in [-0.15, -0.1) is 0 Å². The van der Waals surface area contributed by atoms with Gasteiger partial charge >= 0.3 is 0 Å². The molecule has 1 amide bonds. The van der Waals surface area contributed by atoms with Gasteiger partial charge in [0, 0.05) is 13.1 Å². The number of carbonyl (C=O) groups excluding carboxylic acids is 1. The Labute approximate surface area is 168 Å². The fourth-order valence-electron chi connectivity index (χ4n) is 3.72. The molecule has 1 aliphatic rings. The number of hydrogen-bond acceptors (Lipinski definition) is 3. The number of hydrogen-bond donors (Lipinski definition) is 0. The first kappa shape index (κ1) is 20.4. The number of likely N-dealkylation sites (N-methyl/N-ethyl adjacent to an activating group) is 1. The molecule has 0 N–H and O–H groups in total. The lowest BCUT2D eigenvalue weighted by Gasteiger charge is -2.33. The zero-order chi connectivity index (χ0) is 20.1. The van der Waals surface area contributed by atoms with Crippen molar-refractivity contribution in [1.82, 2.24) is 4.90 Å². The fraction of sp³-hybridized carbons (Fsp3) is 0.409. The maximum absolute atomic E-state index is 13.3. The number of benzene rings is 2. The SMILES string of the molecule is Cc1cccc(N(CC(=O)N(C)C2CCCCC2)S(=O)(=O)c2ccccc2)c1. The summed E-state index contributed by atoms with van der Waals surface area (Å²) in [5.74, 6) is -0.173. The lowest BCUT2D eigenvalue weighted by atomic mass is 9.94. The van der Waals surface area contributed by atoms with Gasteiger partial charge in [-0.25, -0.2) is 8.42 Å². The Balaban J connectivity index is 1.92. The minimum absolute atomic E-state index is 0.173. The smallest absolute Gasteiger partial charge is 0.264 e. The second kappa shape index (κ2) is 8.78. The van der Waals surface area contributed by atoms with Gasteiger partial charge in [0.25, 0.3) is 10.0 Å². The second-order valence-corrected chi connectivity index (χ2v) is 9.32. The van der Waals surface area contributed by atoms with Gasteiger partial charge in [0.2, 0.25) is 5.91 Å². The van der Waals surface area contributed by atoms with Crippen molar-refractivity contribution in [3.8, 4) is 0 Å². The van der Waals surface area contributed by atoms with Gasteiger partial charge in [-0.2, -0.15) is 0 Å². The number of nitrogens with zero attached hydrogens (tertiary/aromatic N) is 2. The predicted molar refractivity (Wildman–Crippen MR) is 112 cm³/mol. The lowest BCUT2D eigenvalue weighted by molar-refractivity contribution is -0.130. The zero-order valence-electron chi connectivity index (χ0n) is 16.5. The molecule has 0 bridgehead atoms. The molecule has 1 fully saturated rings. The number of sulfonamides is 1. The normalized spacial score (nSPS) is 15.2.